The van der Waals surface area contributed by atoms with Gasteiger partial charge in [-0.2, -0.15) is 4.99 Å². The third kappa shape index (κ3) is 5.32. The van der Waals surface area contributed by atoms with Gasteiger partial charge < -0.3 is 4.90 Å². The van der Waals surface area contributed by atoms with Gasteiger partial charge in [-0.05, 0) is 30.4 Å². The Kier molecular flexibility index (Phi) is 6.58. The first-order valence-corrected chi connectivity index (χ1v) is 13.0. The van der Waals surface area contributed by atoms with E-state index < -0.39 is 9.84 Å². The van der Waals surface area contributed by atoms with Crippen molar-refractivity contribution < 1.29 is 13.2 Å². The maximum absolute atomic E-state index is 12.5. The lowest BCUT2D eigenvalue weighted by Gasteiger charge is -2.24. The van der Waals surface area contributed by atoms with Crippen LogP contribution in [0.5, 0.6) is 0 Å². The maximum atomic E-state index is 12.5. The second-order valence-corrected chi connectivity index (χ2v) is 11.2. The number of aliphatic imine (C=N–C) groups is 1. The van der Waals surface area contributed by atoms with Gasteiger partial charge in [0.15, 0.2) is 15.0 Å². The molecule has 2 heterocycles. The monoisotopic (exact) mass is 442 g/mol. The number of thioether (sulfide) groups is 1. The van der Waals surface area contributed by atoms with Crippen molar-refractivity contribution in [2.75, 3.05) is 18.1 Å². The van der Waals surface area contributed by atoms with Gasteiger partial charge in [0.05, 0.1) is 17.5 Å². The molecular weight excluding hydrogens is 416 g/mol. The van der Waals surface area contributed by atoms with Gasteiger partial charge in [-0.25, -0.2) is 8.42 Å². The SMILES string of the molecule is O=C(CCCc1ccccc1)N=C1SC2CS(=O)(=O)CC2N1CCc1ccccc1. The number of amidine groups is 1. The number of amides is 1. The van der Waals surface area contributed by atoms with Crippen molar-refractivity contribution in [1.29, 1.82) is 0 Å². The van der Waals surface area contributed by atoms with E-state index in [1.807, 2.05) is 36.4 Å². The lowest BCUT2D eigenvalue weighted by Crippen LogP contribution is -2.39. The summed E-state index contributed by atoms with van der Waals surface area (Å²) in [4.78, 5) is 19.0. The zero-order valence-corrected chi connectivity index (χ0v) is 18.4. The molecular formula is C23H26N2O3S2. The summed E-state index contributed by atoms with van der Waals surface area (Å²) in [5.74, 6) is 0.201. The predicted molar refractivity (Wildman–Crippen MR) is 122 cm³/mol. The summed E-state index contributed by atoms with van der Waals surface area (Å²) >= 11 is 1.46. The molecule has 2 aliphatic rings. The molecule has 4 rings (SSSR count). The molecule has 2 unspecified atom stereocenters. The van der Waals surface area contributed by atoms with Crippen molar-refractivity contribution in [2.45, 2.75) is 37.0 Å². The average molecular weight is 443 g/mol. The first-order valence-electron chi connectivity index (χ1n) is 10.3. The Hall–Kier alpha value is -2.12. The fourth-order valence-corrected chi connectivity index (χ4v) is 8.04. The van der Waals surface area contributed by atoms with Crippen molar-refractivity contribution in [3.63, 3.8) is 0 Å². The van der Waals surface area contributed by atoms with Crippen molar-refractivity contribution in [3.8, 4) is 0 Å². The molecule has 2 aromatic carbocycles. The van der Waals surface area contributed by atoms with E-state index in [0.717, 1.165) is 19.3 Å². The Morgan fingerprint density at radius 1 is 0.967 bits per heavy atom. The minimum atomic E-state index is -3.02. The second-order valence-electron chi connectivity index (χ2n) is 7.86. The molecule has 2 atom stereocenters. The van der Waals surface area contributed by atoms with Gasteiger partial charge in [0.25, 0.3) is 0 Å². The van der Waals surface area contributed by atoms with Gasteiger partial charge >= 0.3 is 0 Å². The fraction of sp³-hybridized carbons (Fsp3) is 0.391. The number of aryl methyl sites for hydroxylation is 1. The van der Waals surface area contributed by atoms with E-state index in [0.29, 0.717) is 18.1 Å². The first kappa shape index (κ1) is 21.1. The fourth-order valence-electron chi connectivity index (χ4n) is 4.04. The van der Waals surface area contributed by atoms with Gasteiger partial charge in [-0.1, -0.05) is 72.4 Å². The van der Waals surface area contributed by atoms with Crippen LogP contribution in [0.4, 0.5) is 0 Å². The van der Waals surface area contributed by atoms with Gasteiger partial charge in [-0.3, -0.25) is 4.79 Å². The highest BCUT2D eigenvalue weighted by Crippen LogP contribution is 2.38. The van der Waals surface area contributed by atoms with Crippen LogP contribution in [-0.2, 0) is 27.5 Å². The Morgan fingerprint density at radius 2 is 1.60 bits per heavy atom. The van der Waals surface area contributed by atoms with Crippen LogP contribution in [0.2, 0.25) is 0 Å². The molecule has 0 aromatic heterocycles. The van der Waals surface area contributed by atoms with Gasteiger partial charge in [-0.15, -0.1) is 0 Å². The number of hydrogen-bond acceptors (Lipinski definition) is 4. The summed E-state index contributed by atoms with van der Waals surface area (Å²) in [6.07, 6.45) is 2.81. The molecule has 1 amide bonds. The van der Waals surface area contributed by atoms with E-state index in [1.54, 1.807) is 0 Å². The highest BCUT2D eigenvalue weighted by molar-refractivity contribution is 8.15. The van der Waals surface area contributed by atoms with Crippen LogP contribution in [0.1, 0.15) is 24.0 Å². The minimum absolute atomic E-state index is 0.0263. The molecule has 0 spiro atoms. The van der Waals surface area contributed by atoms with E-state index >= 15 is 0 Å². The van der Waals surface area contributed by atoms with E-state index in [-0.39, 0.29) is 28.7 Å². The van der Waals surface area contributed by atoms with Crippen molar-refractivity contribution in [1.82, 2.24) is 4.90 Å². The molecule has 7 heteroatoms. The predicted octanol–water partition coefficient (Wildman–Crippen LogP) is 3.35. The van der Waals surface area contributed by atoms with Crippen LogP contribution in [0, 0.1) is 0 Å². The Balaban J connectivity index is 1.41. The van der Waals surface area contributed by atoms with E-state index in [1.165, 1.54) is 22.9 Å². The molecule has 0 N–H and O–H groups in total. The number of benzene rings is 2. The smallest absolute Gasteiger partial charge is 0.248 e. The largest absolute Gasteiger partial charge is 0.346 e. The Labute approximate surface area is 182 Å². The highest BCUT2D eigenvalue weighted by atomic mass is 32.2. The minimum Gasteiger partial charge on any atom is -0.346 e. The number of sulfone groups is 1. The number of nitrogens with zero attached hydrogens (tertiary/aromatic N) is 2. The van der Waals surface area contributed by atoms with Crippen molar-refractivity contribution >= 4 is 32.7 Å². The number of fused-ring (bicyclic) bond motifs is 1. The van der Waals surface area contributed by atoms with Crippen LogP contribution >= 0.6 is 11.8 Å². The summed E-state index contributed by atoms with van der Waals surface area (Å²) in [6, 6.07) is 20.2. The summed E-state index contributed by atoms with van der Waals surface area (Å²) in [5.41, 5.74) is 2.41. The number of rotatable bonds is 7. The zero-order valence-electron chi connectivity index (χ0n) is 16.8. The van der Waals surface area contributed by atoms with Crippen LogP contribution in [0.25, 0.3) is 0 Å². The van der Waals surface area contributed by atoms with Gasteiger partial charge in [0.1, 0.15) is 0 Å². The molecule has 0 bridgehead atoms. The quantitative estimate of drug-likeness (QED) is 0.658. The lowest BCUT2D eigenvalue weighted by molar-refractivity contribution is -0.117. The lowest BCUT2D eigenvalue weighted by atomic mass is 10.1. The average Bonchev–Trinajstić information content (AvgIpc) is 3.19. The van der Waals surface area contributed by atoms with Crippen LogP contribution in [0.15, 0.2) is 65.7 Å². The summed E-state index contributed by atoms with van der Waals surface area (Å²) < 4.78 is 24.2. The third-order valence-electron chi connectivity index (χ3n) is 5.58. The van der Waals surface area contributed by atoms with E-state index in [2.05, 4.69) is 34.2 Å². The second kappa shape index (κ2) is 9.35. The number of carbonyl (C=O) groups is 1. The normalized spacial score (nSPS) is 23.6. The van der Waals surface area contributed by atoms with Crippen molar-refractivity contribution in [3.05, 3.63) is 71.8 Å². The van der Waals surface area contributed by atoms with Gasteiger partial charge in [0.2, 0.25) is 5.91 Å². The molecule has 5 nitrogen and oxygen atoms in total. The van der Waals surface area contributed by atoms with Gasteiger partial charge in [0, 0.05) is 18.2 Å². The molecule has 0 saturated carbocycles. The summed E-state index contributed by atoms with van der Waals surface area (Å²) in [7, 11) is -3.02. The molecule has 30 heavy (non-hydrogen) atoms. The zero-order chi connectivity index (χ0) is 21.0. The molecule has 2 aliphatic heterocycles. The van der Waals surface area contributed by atoms with Crippen LogP contribution in [0.3, 0.4) is 0 Å². The Morgan fingerprint density at radius 3 is 2.27 bits per heavy atom. The number of carbonyl (C=O) groups excluding carboxylic acids is 1. The van der Waals surface area contributed by atoms with Crippen LogP contribution < -0.4 is 0 Å². The van der Waals surface area contributed by atoms with Crippen LogP contribution in [-0.4, -0.2) is 53.7 Å². The first-order chi connectivity index (χ1) is 14.5. The molecule has 2 fully saturated rings. The summed E-state index contributed by atoms with van der Waals surface area (Å²) in [6.45, 7) is 0.670. The molecule has 2 aromatic rings. The Bertz CT molecular complexity index is 1010. The standard InChI is InChI=1S/C23H26N2O3S2/c26-22(13-7-12-18-8-3-1-4-9-18)24-23-25(15-14-19-10-5-2-6-11-19)20-16-30(27,28)17-21(20)29-23/h1-6,8-11,20-21H,7,12-17H2. The van der Waals surface area contributed by atoms with Crippen molar-refractivity contribution in [2.24, 2.45) is 4.99 Å². The number of hydrogen-bond donors (Lipinski definition) is 0. The molecule has 0 radical (unpaired) electrons. The molecule has 158 valence electrons. The third-order valence-corrected chi connectivity index (χ3v) is 8.83. The summed E-state index contributed by atoms with van der Waals surface area (Å²) in [5, 5.41) is 0.669. The van der Waals surface area contributed by atoms with E-state index in [9.17, 15) is 13.2 Å². The topological polar surface area (TPSA) is 66.8 Å². The maximum Gasteiger partial charge on any atom is 0.248 e. The molecule has 0 aliphatic carbocycles. The molecule has 2 saturated heterocycles. The highest BCUT2D eigenvalue weighted by Gasteiger charge is 2.48. The van der Waals surface area contributed by atoms with E-state index in [4.69, 9.17) is 0 Å².